The molecule has 0 saturated heterocycles. The van der Waals surface area contributed by atoms with E-state index < -0.39 is 16.1 Å². The van der Waals surface area contributed by atoms with Crippen LogP contribution in [0.2, 0.25) is 0 Å². The van der Waals surface area contributed by atoms with Gasteiger partial charge >= 0.3 is 0 Å². The highest BCUT2D eigenvalue weighted by Gasteiger charge is 2.18. The molecule has 5 nitrogen and oxygen atoms in total. The van der Waals surface area contributed by atoms with E-state index in [1.165, 1.54) is 0 Å². The first-order valence-electron chi connectivity index (χ1n) is 5.87. The molecule has 0 radical (unpaired) electrons. The Morgan fingerprint density at radius 3 is 2.72 bits per heavy atom. The van der Waals surface area contributed by atoms with Crippen molar-refractivity contribution in [3.8, 4) is 0 Å². The van der Waals surface area contributed by atoms with Gasteiger partial charge in [0, 0.05) is 24.7 Å². The third kappa shape index (κ3) is 4.93. The van der Waals surface area contributed by atoms with Gasteiger partial charge in [-0.15, -0.1) is 0 Å². The largest absolute Gasteiger partial charge is 0.298 e. The van der Waals surface area contributed by atoms with E-state index >= 15 is 0 Å². The van der Waals surface area contributed by atoms with Crippen LogP contribution in [0.3, 0.4) is 0 Å². The summed E-state index contributed by atoms with van der Waals surface area (Å²) >= 11 is 0. The van der Waals surface area contributed by atoms with E-state index in [0.717, 1.165) is 5.69 Å². The molecule has 0 aliphatic rings. The molecule has 0 fully saturated rings. The SMILES string of the molecule is CCC(=O)C(C)NS(=O)(=O)CCc1ccccn1. The van der Waals surface area contributed by atoms with Crippen LogP contribution in [-0.4, -0.2) is 31.0 Å². The van der Waals surface area contributed by atoms with Crippen LogP contribution in [-0.2, 0) is 21.2 Å². The second-order valence-corrected chi connectivity index (χ2v) is 5.92. The van der Waals surface area contributed by atoms with Gasteiger partial charge in [0.15, 0.2) is 0 Å². The van der Waals surface area contributed by atoms with Gasteiger partial charge < -0.3 is 0 Å². The van der Waals surface area contributed by atoms with Crippen molar-refractivity contribution in [2.45, 2.75) is 32.7 Å². The van der Waals surface area contributed by atoms with Gasteiger partial charge in [-0.3, -0.25) is 9.78 Å². The molecule has 100 valence electrons. The molecule has 0 saturated carbocycles. The molecule has 0 spiro atoms. The van der Waals surface area contributed by atoms with Crippen LogP contribution in [0.1, 0.15) is 26.0 Å². The fraction of sp³-hybridized carbons (Fsp3) is 0.500. The van der Waals surface area contributed by atoms with Crippen LogP contribution in [0, 0.1) is 0 Å². The molecule has 0 aliphatic heterocycles. The quantitative estimate of drug-likeness (QED) is 0.799. The highest BCUT2D eigenvalue weighted by Crippen LogP contribution is 2.00. The van der Waals surface area contributed by atoms with Crippen molar-refractivity contribution in [1.29, 1.82) is 0 Å². The van der Waals surface area contributed by atoms with Crippen molar-refractivity contribution in [2.24, 2.45) is 0 Å². The minimum Gasteiger partial charge on any atom is -0.298 e. The van der Waals surface area contributed by atoms with E-state index in [9.17, 15) is 13.2 Å². The van der Waals surface area contributed by atoms with Crippen LogP contribution in [0.25, 0.3) is 0 Å². The maximum atomic E-state index is 11.7. The standard InChI is InChI=1S/C12H18N2O3S/c1-3-12(15)10(2)14-18(16,17)9-7-11-6-4-5-8-13-11/h4-6,8,10,14H,3,7,9H2,1-2H3. The number of rotatable bonds is 7. The second-order valence-electron chi connectivity index (χ2n) is 4.05. The molecule has 0 amide bonds. The number of nitrogens with zero attached hydrogens (tertiary/aromatic N) is 1. The lowest BCUT2D eigenvalue weighted by atomic mass is 10.2. The van der Waals surface area contributed by atoms with Gasteiger partial charge in [0.1, 0.15) is 5.78 Å². The average molecular weight is 270 g/mol. The summed E-state index contributed by atoms with van der Waals surface area (Å²) in [5.41, 5.74) is 0.720. The number of aromatic nitrogens is 1. The minimum atomic E-state index is -3.44. The second kappa shape index (κ2) is 6.61. The minimum absolute atomic E-state index is 0.0641. The number of hydrogen-bond donors (Lipinski definition) is 1. The number of carbonyl (C=O) groups excluding carboxylic acids is 1. The first kappa shape index (κ1) is 14.8. The lowest BCUT2D eigenvalue weighted by molar-refractivity contribution is -0.119. The highest BCUT2D eigenvalue weighted by molar-refractivity contribution is 7.89. The summed E-state index contributed by atoms with van der Waals surface area (Å²) in [4.78, 5) is 15.4. The summed E-state index contributed by atoms with van der Waals surface area (Å²) < 4.78 is 25.9. The van der Waals surface area contributed by atoms with Crippen molar-refractivity contribution in [3.63, 3.8) is 0 Å². The summed E-state index contributed by atoms with van der Waals surface area (Å²) in [6.45, 7) is 3.27. The average Bonchev–Trinajstić information content (AvgIpc) is 2.36. The lowest BCUT2D eigenvalue weighted by Gasteiger charge is -2.12. The fourth-order valence-electron chi connectivity index (χ4n) is 1.49. The number of hydrogen-bond acceptors (Lipinski definition) is 4. The van der Waals surface area contributed by atoms with Crippen LogP contribution >= 0.6 is 0 Å². The Hall–Kier alpha value is -1.27. The third-order valence-corrected chi connectivity index (χ3v) is 4.00. The molecular weight excluding hydrogens is 252 g/mol. The van der Waals surface area contributed by atoms with Crippen LogP contribution < -0.4 is 4.72 Å². The van der Waals surface area contributed by atoms with E-state index in [0.29, 0.717) is 12.8 Å². The normalized spacial score (nSPS) is 13.2. The molecular formula is C12H18N2O3S. The van der Waals surface area contributed by atoms with E-state index in [1.54, 1.807) is 32.2 Å². The highest BCUT2D eigenvalue weighted by atomic mass is 32.2. The van der Waals surface area contributed by atoms with E-state index in [4.69, 9.17) is 0 Å². The number of pyridine rings is 1. The zero-order valence-corrected chi connectivity index (χ0v) is 11.4. The maximum Gasteiger partial charge on any atom is 0.212 e. The zero-order chi connectivity index (χ0) is 13.6. The monoisotopic (exact) mass is 270 g/mol. The predicted octanol–water partition coefficient (Wildman–Crippen LogP) is 0.911. The molecule has 6 heteroatoms. The summed E-state index contributed by atoms with van der Waals surface area (Å²) in [6.07, 6.45) is 2.28. The molecule has 0 aliphatic carbocycles. The summed E-state index contributed by atoms with van der Waals surface area (Å²) in [5, 5.41) is 0. The zero-order valence-electron chi connectivity index (χ0n) is 10.6. The number of sulfonamides is 1. The molecule has 1 aromatic rings. The Labute approximate surface area is 108 Å². The van der Waals surface area contributed by atoms with E-state index in [1.807, 2.05) is 6.07 Å². The van der Waals surface area contributed by atoms with Gasteiger partial charge in [0.2, 0.25) is 10.0 Å². The number of aryl methyl sites for hydroxylation is 1. The van der Waals surface area contributed by atoms with Crippen molar-refractivity contribution >= 4 is 15.8 Å². The van der Waals surface area contributed by atoms with Gasteiger partial charge in [-0.1, -0.05) is 13.0 Å². The molecule has 1 N–H and O–H groups in total. The molecule has 0 bridgehead atoms. The third-order valence-electron chi connectivity index (χ3n) is 2.54. The fourth-order valence-corrected chi connectivity index (χ4v) is 2.75. The van der Waals surface area contributed by atoms with Gasteiger partial charge in [0.25, 0.3) is 0 Å². The van der Waals surface area contributed by atoms with Gasteiger partial charge in [-0.05, 0) is 19.1 Å². The first-order valence-corrected chi connectivity index (χ1v) is 7.52. The maximum absolute atomic E-state index is 11.7. The molecule has 1 atom stereocenters. The predicted molar refractivity (Wildman–Crippen MR) is 69.6 cm³/mol. The van der Waals surface area contributed by atoms with Crippen LogP contribution in [0.15, 0.2) is 24.4 Å². The van der Waals surface area contributed by atoms with Crippen molar-refractivity contribution in [2.75, 3.05) is 5.75 Å². The van der Waals surface area contributed by atoms with Crippen molar-refractivity contribution in [1.82, 2.24) is 9.71 Å². The number of carbonyl (C=O) groups is 1. The molecule has 1 unspecified atom stereocenters. The Morgan fingerprint density at radius 2 is 2.17 bits per heavy atom. The van der Waals surface area contributed by atoms with Crippen molar-refractivity contribution in [3.05, 3.63) is 30.1 Å². The van der Waals surface area contributed by atoms with Gasteiger partial charge in [-0.2, -0.15) is 0 Å². The molecule has 1 aromatic heterocycles. The summed E-state index contributed by atoms with van der Waals surface area (Å²) in [7, 11) is -3.44. The Balaban J connectivity index is 2.53. The van der Waals surface area contributed by atoms with Crippen LogP contribution in [0.5, 0.6) is 0 Å². The number of nitrogens with one attached hydrogen (secondary N) is 1. The summed E-state index contributed by atoms with van der Waals surface area (Å²) in [5.74, 6) is -0.179. The van der Waals surface area contributed by atoms with E-state index in [-0.39, 0.29) is 11.5 Å². The van der Waals surface area contributed by atoms with E-state index in [2.05, 4.69) is 9.71 Å². The van der Waals surface area contributed by atoms with Gasteiger partial charge in [0.05, 0.1) is 11.8 Å². The Morgan fingerprint density at radius 1 is 1.44 bits per heavy atom. The number of Topliss-reactive ketones (excluding diaryl/α,β-unsaturated/α-hetero) is 1. The first-order chi connectivity index (χ1) is 8.44. The van der Waals surface area contributed by atoms with Crippen LogP contribution in [0.4, 0.5) is 0 Å². The molecule has 0 aromatic carbocycles. The smallest absolute Gasteiger partial charge is 0.212 e. The van der Waals surface area contributed by atoms with Crippen molar-refractivity contribution < 1.29 is 13.2 Å². The molecule has 1 rings (SSSR count). The lowest BCUT2D eigenvalue weighted by Crippen LogP contribution is -2.39. The van der Waals surface area contributed by atoms with Gasteiger partial charge in [-0.25, -0.2) is 13.1 Å². The molecule has 18 heavy (non-hydrogen) atoms. The Kier molecular flexibility index (Phi) is 5.43. The topological polar surface area (TPSA) is 76.1 Å². The molecule has 1 heterocycles. The summed E-state index contributed by atoms with van der Waals surface area (Å²) in [6, 6.07) is 4.70. The number of ketones is 1. The Bertz CT molecular complexity index is 485.